The van der Waals surface area contributed by atoms with E-state index in [4.69, 9.17) is 14.6 Å². The molecule has 0 bridgehead atoms. The van der Waals surface area contributed by atoms with E-state index in [0.29, 0.717) is 19.8 Å². The van der Waals surface area contributed by atoms with Gasteiger partial charge in [-0.1, -0.05) is 6.07 Å². The molecule has 0 radical (unpaired) electrons. The molecule has 0 aliphatic carbocycles. The number of hydrogen-bond acceptors (Lipinski definition) is 4. The highest BCUT2D eigenvalue weighted by Gasteiger charge is 2.31. The van der Waals surface area contributed by atoms with Gasteiger partial charge in [0.25, 0.3) is 0 Å². The second-order valence-electron chi connectivity index (χ2n) is 5.40. The molecule has 2 unspecified atom stereocenters. The van der Waals surface area contributed by atoms with Crippen molar-refractivity contribution in [3.8, 4) is 11.5 Å². The van der Waals surface area contributed by atoms with Gasteiger partial charge in [0.15, 0.2) is 11.5 Å². The SMILES string of the molecule is CC(c1ccc2c(c1)OCCO2)N1CCC(C(=O)O)C1. The summed E-state index contributed by atoms with van der Waals surface area (Å²) < 4.78 is 11.1. The van der Waals surface area contributed by atoms with Crippen LogP contribution in [-0.2, 0) is 4.79 Å². The van der Waals surface area contributed by atoms with E-state index >= 15 is 0 Å². The van der Waals surface area contributed by atoms with Crippen molar-refractivity contribution in [1.82, 2.24) is 4.90 Å². The molecule has 1 saturated heterocycles. The maximum Gasteiger partial charge on any atom is 0.307 e. The Balaban J connectivity index is 1.74. The van der Waals surface area contributed by atoms with Gasteiger partial charge < -0.3 is 14.6 Å². The lowest BCUT2D eigenvalue weighted by molar-refractivity contribution is -0.141. The van der Waals surface area contributed by atoms with E-state index in [2.05, 4.69) is 11.8 Å². The Morgan fingerprint density at radius 3 is 2.80 bits per heavy atom. The first-order valence-electron chi connectivity index (χ1n) is 7.01. The Morgan fingerprint density at radius 2 is 2.10 bits per heavy atom. The molecule has 1 fully saturated rings. The summed E-state index contributed by atoms with van der Waals surface area (Å²) in [6.45, 7) is 4.72. The second-order valence-corrected chi connectivity index (χ2v) is 5.40. The van der Waals surface area contributed by atoms with Crippen LogP contribution in [0.4, 0.5) is 0 Å². The van der Waals surface area contributed by atoms with Crippen LogP contribution in [0.1, 0.15) is 24.9 Å². The van der Waals surface area contributed by atoms with Gasteiger partial charge in [-0.15, -0.1) is 0 Å². The van der Waals surface area contributed by atoms with Crippen LogP contribution < -0.4 is 9.47 Å². The number of likely N-dealkylation sites (tertiary alicyclic amines) is 1. The fraction of sp³-hybridized carbons (Fsp3) is 0.533. The van der Waals surface area contributed by atoms with Gasteiger partial charge in [0, 0.05) is 12.6 Å². The molecule has 2 heterocycles. The van der Waals surface area contributed by atoms with Gasteiger partial charge in [-0.2, -0.15) is 0 Å². The van der Waals surface area contributed by atoms with Crippen LogP contribution in [0.2, 0.25) is 0 Å². The number of ether oxygens (including phenoxy) is 2. The van der Waals surface area contributed by atoms with Gasteiger partial charge in [-0.25, -0.2) is 0 Å². The maximum absolute atomic E-state index is 11.0. The summed E-state index contributed by atoms with van der Waals surface area (Å²) in [6.07, 6.45) is 0.726. The van der Waals surface area contributed by atoms with Crippen LogP contribution in [0.5, 0.6) is 11.5 Å². The van der Waals surface area contributed by atoms with Gasteiger partial charge in [-0.3, -0.25) is 9.69 Å². The van der Waals surface area contributed by atoms with Crippen LogP contribution in [0.25, 0.3) is 0 Å². The minimum atomic E-state index is -0.693. The fourth-order valence-corrected chi connectivity index (χ4v) is 2.87. The predicted molar refractivity (Wildman–Crippen MR) is 73.2 cm³/mol. The normalized spacial score (nSPS) is 23.6. The molecule has 1 N–H and O–H groups in total. The van der Waals surface area contributed by atoms with Gasteiger partial charge in [-0.05, 0) is 37.6 Å². The number of fused-ring (bicyclic) bond motifs is 1. The first kappa shape index (κ1) is 13.2. The van der Waals surface area contributed by atoms with Gasteiger partial charge in [0.2, 0.25) is 0 Å². The predicted octanol–water partition coefficient (Wildman–Crippen LogP) is 1.93. The second kappa shape index (κ2) is 5.32. The Kier molecular flexibility index (Phi) is 3.53. The zero-order valence-electron chi connectivity index (χ0n) is 11.5. The lowest BCUT2D eigenvalue weighted by atomic mass is 10.1. The highest BCUT2D eigenvalue weighted by atomic mass is 16.6. The molecule has 3 rings (SSSR count). The van der Waals surface area contributed by atoms with Crippen molar-refractivity contribution < 1.29 is 19.4 Å². The van der Waals surface area contributed by atoms with Crippen molar-refractivity contribution in [1.29, 1.82) is 0 Å². The molecule has 108 valence electrons. The Hall–Kier alpha value is -1.75. The molecule has 1 aromatic carbocycles. The first-order chi connectivity index (χ1) is 9.65. The van der Waals surface area contributed by atoms with E-state index in [-0.39, 0.29) is 12.0 Å². The number of aliphatic carboxylic acids is 1. The van der Waals surface area contributed by atoms with Gasteiger partial charge in [0.05, 0.1) is 5.92 Å². The number of benzene rings is 1. The quantitative estimate of drug-likeness (QED) is 0.914. The molecule has 20 heavy (non-hydrogen) atoms. The summed E-state index contributed by atoms with van der Waals surface area (Å²) in [5.41, 5.74) is 1.14. The molecule has 1 aromatic rings. The summed E-state index contributed by atoms with van der Waals surface area (Å²) >= 11 is 0. The summed E-state index contributed by atoms with van der Waals surface area (Å²) in [6, 6.07) is 6.17. The third-order valence-corrected chi connectivity index (χ3v) is 4.17. The van der Waals surface area contributed by atoms with E-state index in [1.165, 1.54) is 0 Å². The summed E-state index contributed by atoms with van der Waals surface area (Å²) in [7, 11) is 0. The van der Waals surface area contributed by atoms with Crippen LogP contribution in [0, 0.1) is 5.92 Å². The zero-order valence-corrected chi connectivity index (χ0v) is 11.5. The molecule has 5 heteroatoms. The number of carboxylic acid groups (broad SMARTS) is 1. The van der Waals surface area contributed by atoms with Crippen molar-refractivity contribution in [2.45, 2.75) is 19.4 Å². The molecule has 0 saturated carbocycles. The van der Waals surface area contributed by atoms with Crippen molar-refractivity contribution in [2.75, 3.05) is 26.3 Å². The molecular weight excluding hydrogens is 258 g/mol. The van der Waals surface area contributed by atoms with Crippen molar-refractivity contribution in [2.24, 2.45) is 5.92 Å². The molecule has 2 aliphatic rings. The van der Waals surface area contributed by atoms with E-state index in [1.807, 2.05) is 18.2 Å². The average Bonchev–Trinajstić information content (AvgIpc) is 2.96. The fourth-order valence-electron chi connectivity index (χ4n) is 2.87. The van der Waals surface area contributed by atoms with E-state index in [9.17, 15) is 4.79 Å². The molecule has 0 amide bonds. The number of carboxylic acids is 1. The van der Waals surface area contributed by atoms with Crippen LogP contribution in [-0.4, -0.2) is 42.3 Å². The van der Waals surface area contributed by atoms with Crippen LogP contribution in [0.3, 0.4) is 0 Å². The Morgan fingerprint density at radius 1 is 1.35 bits per heavy atom. The largest absolute Gasteiger partial charge is 0.486 e. The molecule has 2 aliphatic heterocycles. The third-order valence-electron chi connectivity index (χ3n) is 4.17. The highest BCUT2D eigenvalue weighted by Crippen LogP contribution is 2.35. The summed E-state index contributed by atoms with van der Waals surface area (Å²) in [5.74, 6) is 0.642. The minimum Gasteiger partial charge on any atom is -0.486 e. The van der Waals surface area contributed by atoms with Crippen LogP contribution in [0.15, 0.2) is 18.2 Å². The molecule has 0 spiro atoms. The van der Waals surface area contributed by atoms with Crippen molar-refractivity contribution in [3.63, 3.8) is 0 Å². The Labute approximate surface area is 118 Å². The van der Waals surface area contributed by atoms with E-state index in [1.54, 1.807) is 0 Å². The standard InChI is InChI=1S/C15H19NO4/c1-10(16-5-4-12(9-16)15(17)18)11-2-3-13-14(8-11)20-7-6-19-13/h2-3,8,10,12H,4-7,9H2,1H3,(H,17,18). The highest BCUT2D eigenvalue weighted by molar-refractivity contribution is 5.70. The molecule has 0 aromatic heterocycles. The van der Waals surface area contributed by atoms with Gasteiger partial charge in [0.1, 0.15) is 13.2 Å². The molecule has 5 nitrogen and oxygen atoms in total. The number of rotatable bonds is 3. The summed E-state index contributed by atoms with van der Waals surface area (Å²) in [5, 5.41) is 9.08. The van der Waals surface area contributed by atoms with E-state index in [0.717, 1.165) is 30.0 Å². The first-order valence-corrected chi connectivity index (χ1v) is 7.01. The molecular formula is C15H19NO4. The third kappa shape index (κ3) is 2.45. The average molecular weight is 277 g/mol. The number of nitrogens with zero attached hydrogens (tertiary/aromatic N) is 1. The molecule has 2 atom stereocenters. The summed E-state index contributed by atoms with van der Waals surface area (Å²) in [4.78, 5) is 13.2. The number of carbonyl (C=O) groups is 1. The lowest BCUT2D eigenvalue weighted by Gasteiger charge is -2.26. The topological polar surface area (TPSA) is 59.0 Å². The van der Waals surface area contributed by atoms with Crippen molar-refractivity contribution in [3.05, 3.63) is 23.8 Å². The van der Waals surface area contributed by atoms with Gasteiger partial charge >= 0.3 is 5.97 Å². The lowest BCUT2D eigenvalue weighted by Crippen LogP contribution is -2.26. The maximum atomic E-state index is 11.0. The van der Waals surface area contributed by atoms with Crippen molar-refractivity contribution >= 4 is 5.97 Å². The zero-order chi connectivity index (χ0) is 14.1. The van der Waals surface area contributed by atoms with E-state index < -0.39 is 5.97 Å². The monoisotopic (exact) mass is 277 g/mol. The number of hydrogen-bond donors (Lipinski definition) is 1. The smallest absolute Gasteiger partial charge is 0.307 e. The minimum absolute atomic E-state index is 0.190. The Bertz CT molecular complexity index is 517. The van der Waals surface area contributed by atoms with Crippen LogP contribution >= 0.6 is 0 Å².